The van der Waals surface area contributed by atoms with Crippen molar-refractivity contribution in [1.29, 1.82) is 0 Å². The van der Waals surface area contributed by atoms with Crippen LogP contribution in [0.3, 0.4) is 0 Å². The Morgan fingerprint density at radius 3 is 2.60 bits per heavy atom. The number of benzene rings is 1. The van der Waals surface area contributed by atoms with E-state index in [9.17, 15) is 14.9 Å². The number of carbonyl (C=O) groups is 1. The number of aldehydes is 1. The molecule has 2 aromatic rings. The van der Waals surface area contributed by atoms with Crippen molar-refractivity contribution >= 4 is 17.7 Å². The summed E-state index contributed by atoms with van der Waals surface area (Å²) in [6.45, 7) is 1.90. The maximum atomic E-state index is 11.0. The van der Waals surface area contributed by atoms with Crippen LogP contribution in [0.2, 0.25) is 0 Å². The molecule has 1 atom stereocenters. The van der Waals surface area contributed by atoms with Crippen LogP contribution in [0.5, 0.6) is 0 Å². The normalized spacial score (nSPS) is 11.7. The quantitative estimate of drug-likeness (QED) is 0.513. The van der Waals surface area contributed by atoms with Crippen molar-refractivity contribution in [3.8, 4) is 0 Å². The van der Waals surface area contributed by atoms with Gasteiger partial charge in [-0.15, -0.1) is 0 Å². The third-order valence-corrected chi connectivity index (χ3v) is 2.93. The van der Waals surface area contributed by atoms with Gasteiger partial charge in [0.1, 0.15) is 12.0 Å². The number of nitro benzene ring substituents is 1. The third kappa shape index (κ3) is 2.97. The van der Waals surface area contributed by atoms with E-state index in [1.165, 1.54) is 6.07 Å². The van der Waals surface area contributed by atoms with Gasteiger partial charge in [-0.05, 0) is 36.8 Å². The maximum absolute atomic E-state index is 11.0. The Bertz CT molecular complexity index is 629. The van der Waals surface area contributed by atoms with Gasteiger partial charge in [0.15, 0.2) is 0 Å². The SMILES string of the molecule is CC(Nc1ccc(C=O)cc1[N+](=O)[O-])c1ccncc1. The third-order valence-electron chi connectivity index (χ3n) is 2.93. The summed E-state index contributed by atoms with van der Waals surface area (Å²) in [4.78, 5) is 25.2. The smallest absolute Gasteiger partial charge is 0.293 e. The number of nitrogens with zero attached hydrogens (tertiary/aromatic N) is 2. The predicted molar refractivity (Wildman–Crippen MR) is 74.8 cm³/mol. The highest BCUT2D eigenvalue weighted by Gasteiger charge is 2.16. The largest absolute Gasteiger partial charge is 0.373 e. The number of anilines is 1. The molecule has 0 aliphatic carbocycles. The molecule has 0 radical (unpaired) electrons. The van der Waals surface area contributed by atoms with Gasteiger partial charge < -0.3 is 5.32 Å². The summed E-state index contributed by atoms with van der Waals surface area (Å²) < 4.78 is 0. The van der Waals surface area contributed by atoms with Crippen LogP contribution >= 0.6 is 0 Å². The minimum Gasteiger partial charge on any atom is -0.373 e. The molecule has 6 heteroatoms. The molecule has 2 rings (SSSR count). The Balaban J connectivity index is 2.29. The van der Waals surface area contributed by atoms with Crippen LogP contribution in [0.15, 0.2) is 42.7 Å². The van der Waals surface area contributed by atoms with Crippen molar-refractivity contribution in [2.75, 3.05) is 5.32 Å². The van der Waals surface area contributed by atoms with Gasteiger partial charge in [0.2, 0.25) is 0 Å². The number of pyridine rings is 1. The average Bonchev–Trinajstić information content (AvgIpc) is 2.48. The van der Waals surface area contributed by atoms with E-state index in [1.807, 2.05) is 19.1 Å². The molecule has 0 saturated heterocycles. The van der Waals surface area contributed by atoms with Crippen molar-refractivity contribution in [2.24, 2.45) is 0 Å². The number of hydrogen-bond acceptors (Lipinski definition) is 5. The van der Waals surface area contributed by atoms with Gasteiger partial charge >= 0.3 is 0 Å². The molecule has 20 heavy (non-hydrogen) atoms. The molecule has 6 nitrogen and oxygen atoms in total. The molecule has 102 valence electrons. The molecule has 0 aliphatic rings. The molecule has 0 bridgehead atoms. The standard InChI is InChI=1S/C14H13N3O3/c1-10(12-4-6-15-7-5-12)16-13-3-2-11(9-18)8-14(13)17(19)20/h2-10,16H,1H3. The van der Waals surface area contributed by atoms with Crippen LogP contribution in [-0.2, 0) is 0 Å². The predicted octanol–water partition coefficient (Wildman–Crippen LogP) is 2.98. The van der Waals surface area contributed by atoms with Crippen LogP contribution in [-0.4, -0.2) is 16.2 Å². The summed E-state index contributed by atoms with van der Waals surface area (Å²) in [5, 5.41) is 14.1. The summed E-state index contributed by atoms with van der Waals surface area (Å²) in [5.74, 6) is 0. The lowest BCUT2D eigenvalue weighted by Gasteiger charge is -2.15. The summed E-state index contributed by atoms with van der Waals surface area (Å²) >= 11 is 0. The van der Waals surface area contributed by atoms with Crippen molar-refractivity contribution < 1.29 is 9.72 Å². The zero-order chi connectivity index (χ0) is 14.5. The molecular formula is C14H13N3O3. The monoisotopic (exact) mass is 271 g/mol. The van der Waals surface area contributed by atoms with Crippen LogP contribution < -0.4 is 5.32 Å². The Morgan fingerprint density at radius 1 is 1.30 bits per heavy atom. The molecule has 0 spiro atoms. The van der Waals surface area contributed by atoms with Crippen LogP contribution in [0.25, 0.3) is 0 Å². The van der Waals surface area contributed by atoms with Crippen LogP contribution in [0.4, 0.5) is 11.4 Å². The van der Waals surface area contributed by atoms with Crippen molar-refractivity contribution in [2.45, 2.75) is 13.0 Å². The number of carbonyl (C=O) groups excluding carboxylic acids is 1. The summed E-state index contributed by atoms with van der Waals surface area (Å²) in [6, 6.07) is 7.90. The molecule has 1 N–H and O–H groups in total. The van der Waals surface area contributed by atoms with Crippen molar-refractivity contribution in [3.63, 3.8) is 0 Å². The van der Waals surface area contributed by atoms with Gasteiger partial charge in [0, 0.05) is 30.1 Å². The van der Waals surface area contributed by atoms with Crippen molar-refractivity contribution in [1.82, 2.24) is 4.98 Å². The Hall–Kier alpha value is -2.76. The Kier molecular flexibility index (Phi) is 4.05. The lowest BCUT2D eigenvalue weighted by molar-refractivity contribution is -0.384. The molecule has 0 fully saturated rings. The minimum atomic E-state index is -0.505. The molecule has 0 saturated carbocycles. The van der Waals surface area contributed by atoms with Gasteiger partial charge in [0.25, 0.3) is 5.69 Å². The first-order valence-corrected chi connectivity index (χ1v) is 6.02. The number of hydrogen-bond donors (Lipinski definition) is 1. The highest BCUT2D eigenvalue weighted by molar-refractivity contribution is 5.79. The second-order valence-electron chi connectivity index (χ2n) is 4.30. The zero-order valence-electron chi connectivity index (χ0n) is 10.8. The van der Waals surface area contributed by atoms with Crippen molar-refractivity contribution in [3.05, 3.63) is 64.0 Å². The summed E-state index contributed by atoms with van der Waals surface area (Å²) in [6.07, 6.45) is 3.91. The summed E-state index contributed by atoms with van der Waals surface area (Å²) in [5.41, 5.74) is 1.51. The molecule has 1 heterocycles. The second-order valence-corrected chi connectivity index (χ2v) is 4.30. The Labute approximate surface area is 115 Å². The molecular weight excluding hydrogens is 258 g/mol. The number of rotatable bonds is 5. The minimum absolute atomic E-state index is 0.112. The molecule has 1 unspecified atom stereocenters. The second kappa shape index (κ2) is 5.92. The fourth-order valence-corrected chi connectivity index (χ4v) is 1.86. The van der Waals surface area contributed by atoms with E-state index in [-0.39, 0.29) is 17.3 Å². The number of aromatic nitrogens is 1. The van der Waals surface area contributed by atoms with Gasteiger partial charge in [-0.2, -0.15) is 0 Å². The lowest BCUT2D eigenvalue weighted by atomic mass is 10.1. The molecule has 0 aliphatic heterocycles. The number of nitrogens with one attached hydrogen (secondary N) is 1. The highest BCUT2D eigenvalue weighted by Crippen LogP contribution is 2.28. The summed E-state index contributed by atoms with van der Waals surface area (Å²) in [7, 11) is 0. The fourth-order valence-electron chi connectivity index (χ4n) is 1.86. The van der Waals surface area contributed by atoms with Gasteiger partial charge in [0.05, 0.1) is 4.92 Å². The zero-order valence-corrected chi connectivity index (χ0v) is 10.8. The van der Waals surface area contributed by atoms with Crippen LogP contribution in [0, 0.1) is 10.1 Å². The highest BCUT2D eigenvalue weighted by atomic mass is 16.6. The van der Waals surface area contributed by atoms with E-state index in [0.717, 1.165) is 5.56 Å². The molecule has 0 amide bonds. The first-order valence-electron chi connectivity index (χ1n) is 6.02. The van der Waals surface area contributed by atoms with E-state index in [4.69, 9.17) is 0 Å². The van der Waals surface area contributed by atoms with Gasteiger partial charge in [-0.1, -0.05) is 0 Å². The van der Waals surface area contributed by atoms with E-state index in [1.54, 1.807) is 24.5 Å². The number of nitro groups is 1. The molecule has 1 aromatic carbocycles. The lowest BCUT2D eigenvalue weighted by Crippen LogP contribution is -2.08. The van der Waals surface area contributed by atoms with Gasteiger partial charge in [-0.25, -0.2) is 0 Å². The topological polar surface area (TPSA) is 85.1 Å². The van der Waals surface area contributed by atoms with Crippen LogP contribution in [0.1, 0.15) is 28.9 Å². The first kappa shape index (κ1) is 13.7. The maximum Gasteiger partial charge on any atom is 0.293 e. The Morgan fingerprint density at radius 2 is 2.00 bits per heavy atom. The average molecular weight is 271 g/mol. The van der Waals surface area contributed by atoms with E-state index in [0.29, 0.717) is 12.0 Å². The molecule has 1 aromatic heterocycles. The first-order chi connectivity index (χ1) is 9.61. The fraction of sp³-hybridized carbons (Fsp3) is 0.143. The van der Waals surface area contributed by atoms with Gasteiger partial charge in [-0.3, -0.25) is 19.9 Å². The van der Waals surface area contributed by atoms with E-state index < -0.39 is 4.92 Å². The van der Waals surface area contributed by atoms with E-state index in [2.05, 4.69) is 10.3 Å². The van der Waals surface area contributed by atoms with E-state index >= 15 is 0 Å².